The van der Waals surface area contributed by atoms with Gasteiger partial charge in [0.05, 0.1) is 6.33 Å². The van der Waals surface area contributed by atoms with Crippen LogP contribution in [0.3, 0.4) is 0 Å². The lowest BCUT2D eigenvalue weighted by molar-refractivity contribution is 0.336. The van der Waals surface area contributed by atoms with Gasteiger partial charge in [0.1, 0.15) is 0 Å². The van der Waals surface area contributed by atoms with E-state index in [-0.39, 0.29) is 0 Å². The fourth-order valence-electron chi connectivity index (χ4n) is 4.14. The lowest BCUT2D eigenvalue weighted by Gasteiger charge is -2.26. The molecule has 5 atom stereocenters. The molecule has 3 fully saturated rings. The smallest absolute Gasteiger partial charge is 0.0949 e. The highest BCUT2D eigenvalue weighted by Gasteiger charge is 2.48. The molecule has 1 aromatic heterocycles. The lowest BCUT2D eigenvalue weighted by Crippen LogP contribution is -2.41. The monoisotopic (exact) mass is 231 g/mol. The molecule has 4 rings (SSSR count). The van der Waals surface area contributed by atoms with Crippen LogP contribution in [0.15, 0.2) is 18.7 Å². The number of aromatic nitrogens is 2. The van der Waals surface area contributed by atoms with E-state index in [0.717, 1.165) is 17.9 Å². The standard InChI is InChI=1S/C14H21N3/c1-2-13(14(3-1)17-7-6-15-9-17)16-12-5-4-10-8-11(10)12/h6-7,9-14,16H,1-5,8H2. The van der Waals surface area contributed by atoms with E-state index in [1.165, 1.54) is 38.5 Å². The second-order valence-corrected chi connectivity index (χ2v) is 6.12. The Morgan fingerprint density at radius 2 is 2.12 bits per heavy atom. The molecule has 3 aliphatic rings. The van der Waals surface area contributed by atoms with Crippen molar-refractivity contribution in [3.05, 3.63) is 18.7 Å². The van der Waals surface area contributed by atoms with Gasteiger partial charge in [0, 0.05) is 30.5 Å². The van der Waals surface area contributed by atoms with Crippen molar-refractivity contribution in [2.45, 2.75) is 56.7 Å². The Morgan fingerprint density at radius 3 is 2.82 bits per heavy atom. The Kier molecular flexibility index (Phi) is 2.29. The van der Waals surface area contributed by atoms with Crippen molar-refractivity contribution in [2.24, 2.45) is 11.8 Å². The number of rotatable bonds is 3. The summed E-state index contributed by atoms with van der Waals surface area (Å²) in [6, 6.07) is 2.16. The maximum absolute atomic E-state index is 4.19. The highest BCUT2D eigenvalue weighted by atomic mass is 15.1. The van der Waals surface area contributed by atoms with Crippen LogP contribution in [-0.2, 0) is 0 Å². The third-order valence-electron chi connectivity index (χ3n) is 5.16. The topological polar surface area (TPSA) is 29.9 Å². The summed E-state index contributed by atoms with van der Waals surface area (Å²) in [4.78, 5) is 4.19. The van der Waals surface area contributed by atoms with E-state index in [1.54, 1.807) is 0 Å². The molecule has 5 unspecified atom stereocenters. The van der Waals surface area contributed by atoms with Crippen molar-refractivity contribution in [1.29, 1.82) is 0 Å². The molecular formula is C14H21N3. The van der Waals surface area contributed by atoms with Crippen LogP contribution in [0, 0.1) is 11.8 Å². The number of nitrogens with zero attached hydrogens (tertiary/aromatic N) is 2. The molecular weight excluding hydrogens is 210 g/mol. The molecule has 17 heavy (non-hydrogen) atoms. The van der Waals surface area contributed by atoms with Gasteiger partial charge < -0.3 is 9.88 Å². The van der Waals surface area contributed by atoms with E-state index < -0.39 is 0 Å². The molecule has 92 valence electrons. The van der Waals surface area contributed by atoms with Gasteiger partial charge in [0.15, 0.2) is 0 Å². The van der Waals surface area contributed by atoms with E-state index >= 15 is 0 Å². The molecule has 0 spiro atoms. The Balaban J connectivity index is 1.45. The van der Waals surface area contributed by atoms with Crippen LogP contribution in [0.25, 0.3) is 0 Å². The molecule has 0 radical (unpaired) electrons. The number of nitrogens with one attached hydrogen (secondary N) is 1. The van der Waals surface area contributed by atoms with Gasteiger partial charge in [-0.1, -0.05) is 0 Å². The summed E-state index contributed by atoms with van der Waals surface area (Å²) in [5, 5.41) is 3.96. The average Bonchev–Trinajstić information content (AvgIpc) is 2.81. The third kappa shape index (κ3) is 1.71. The fourth-order valence-corrected chi connectivity index (χ4v) is 4.14. The van der Waals surface area contributed by atoms with Crippen molar-refractivity contribution in [2.75, 3.05) is 0 Å². The van der Waals surface area contributed by atoms with E-state index in [4.69, 9.17) is 0 Å². The summed E-state index contributed by atoms with van der Waals surface area (Å²) in [5.74, 6) is 2.11. The van der Waals surface area contributed by atoms with Crippen LogP contribution in [-0.4, -0.2) is 21.6 Å². The van der Waals surface area contributed by atoms with Crippen LogP contribution in [0.5, 0.6) is 0 Å². The lowest BCUT2D eigenvalue weighted by atomic mass is 10.1. The predicted molar refractivity (Wildman–Crippen MR) is 66.7 cm³/mol. The molecule has 0 amide bonds. The minimum Gasteiger partial charge on any atom is -0.333 e. The van der Waals surface area contributed by atoms with Crippen LogP contribution in [0.2, 0.25) is 0 Å². The zero-order valence-electron chi connectivity index (χ0n) is 10.3. The molecule has 3 aliphatic carbocycles. The summed E-state index contributed by atoms with van der Waals surface area (Å²) in [5.41, 5.74) is 0. The molecule has 0 saturated heterocycles. The minimum atomic E-state index is 0.648. The summed E-state index contributed by atoms with van der Waals surface area (Å²) in [6.45, 7) is 0. The largest absolute Gasteiger partial charge is 0.333 e. The molecule has 3 saturated carbocycles. The van der Waals surface area contributed by atoms with Gasteiger partial charge in [-0.25, -0.2) is 4.98 Å². The highest BCUT2D eigenvalue weighted by Crippen LogP contribution is 2.52. The molecule has 0 bridgehead atoms. The van der Waals surface area contributed by atoms with Crippen LogP contribution < -0.4 is 5.32 Å². The first-order valence-electron chi connectivity index (χ1n) is 7.15. The van der Waals surface area contributed by atoms with Crippen molar-refractivity contribution in [3.8, 4) is 0 Å². The predicted octanol–water partition coefficient (Wildman–Crippen LogP) is 2.36. The van der Waals surface area contributed by atoms with E-state index in [9.17, 15) is 0 Å². The van der Waals surface area contributed by atoms with Gasteiger partial charge in [-0.05, 0) is 50.4 Å². The van der Waals surface area contributed by atoms with E-state index in [0.29, 0.717) is 12.1 Å². The quantitative estimate of drug-likeness (QED) is 0.865. The normalized spacial score (nSPS) is 43.9. The van der Waals surface area contributed by atoms with E-state index in [2.05, 4.69) is 21.1 Å². The Bertz CT molecular complexity index is 386. The number of imidazole rings is 1. The van der Waals surface area contributed by atoms with Crippen LogP contribution >= 0.6 is 0 Å². The van der Waals surface area contributed by atoms with Gasteiger partial charge in [-0.15, -0.1) is 0 Å². The summed E-state index contributed by atoms with van der Waals surface area (Å²) in [6.07, 6.45) is 14.4. The van der Waals surface area contributed by atoms with E-state index in [1.807, 2.05) is 12.5 Å². The van der Waals surface area contributed by atoms with Gasteiger partial charge >= 0.3 is 0 Å². The fraction of sp³-hybridized carbons (Fsp3) is 0.786. The Morgan fingerprint density at radius 1 is 1.12 bits per heavy atom. The average molecular weight is 231 g/mol. The Hall–Kier alpha value is -0.830. The summed E-state index contributed by atoms with van der Waals surface area (Å²) >= 11 is 0. The maximum atomic E-state index is 4.19. The van der Waals surface area contributed by atoms with Crippen LogP contribution in [0.1, 0.15) is 44.6 Å². The zero-order chi connectivity index (χ0) is 11.2. The summed E-state index contributed by atoms with van der Waals surface area (Å²) < 4.78 is 2.31. The third-order valence-corrected chi connectivity index (χ3v) is 5.16. The number of hydrogen-bond acceptors (Lipinski definition) is 2. The SMILES string of the molecule is c1cn(C2CCCC2NC2CCC3CC32)cn1. The van der Waals surface area contributed by atoms with Crippen LogP contribution in [0.4, 0.5) is 0 Å². The second kappa shape index (κ2) is 3.84. The maximum Gasteiger partial charge on any atom is 0.0949 e. The first kappa shape index (κ1) is 10.1. The van der Waals surface area contributed by atoms with Gasteiger partial charge in [-0.3, -0.25) is 0 Å². The minimum absolute atomic E-state index is 0.648. The zero-order valence-corrected chi connectivity index (χ0v) is 10.3. The van der Waals surface area contributed by atoms with Crippen molar-refractivity contribution in [1.82, 2.24) is 14.9 Å². The molecule has 1 aromatic rings. The highest BCUT2D eigenvalue weighted by molar-refractivity contribution is 5.03. The van der Waals surface area contributed by atoms with Crippen molar-refractivity contribution < 1.29 is 0 Å². The number of fused-ring (bicyclic) bond motifs is 1. The molecule has 0 aliphatic heterocycles. The second-order valence-electron chi connectivity index (χ2n) is 6.12. The van der Waals surface area contributed by atoms with Gasteiger partial charge in [0.2, 0.25) is 0 Å². The molecule has 3 nitrogen and oxygen atoms in total. The van der Waals surface area contributed by atoms with Crippen molar-refractivity contribution in [3.63, 3.8) is 0 Å². The van der Waals surface area contributed by atoms with Gasteiger partial charge in [-0.2, -0.15) is 0 Å². The van der Waals surface area contributed by atoms with Crippen molar-refractivity contribution >= 4 is 0 Å². The molecule has 1 heterocycles. The number of hydrogen-bond donors (Lipinski definition) is 1. The molecule has 0 aromatic carbocycles. The molecule has 1 N–H and O–H groups in total. The first-order valence-corrected chi connectivity index (χ1v) is 7.15. The summed E-state index contributed by atoms with van der Waals surface area (Å²) in [7, 11) is 0. The van der Waals surface area contributed by atoms with Gasteiger partial charge in [0.25, 0.3) is 0 Å². The molecule has 3 heteroatoms. The Labute approximate surface area is 103 Å². The first-order chi connectivity index (χ1) is 8.42.